The van der Waals surface area contributed by atoms with Crippen molar-refractivity contribution in [2.24, 2.45) is 0 Å². The van der Waals surface area contributed by atoms with E-state index in [4.69, 9.17) is 1.37 Å². The maximum atomic E-state index is 7.32. The van der Waals surface area contributed by atoms with Crippen LogP contribution in [0.2, 0.25) is 0 Å². The second kappa shape index (κ2) is 1.76. The number of fused-ring (bicyclic) bond motifs is 1. The molecule has 0 aliphatic carbocycles. The van der Waals surface area contributed by atoms with Crippen LogP contribution in [0, 0.1) is 0 Å². The van der Waals surface area contributed by atoms with Crippen LogP contribution < -0.4 is 5.32 Å². The molecule has 0 bridgehead atoms. The molecule has 2 rings (SSSR count). The van der Waals surface area contributed by atoms with E-state index in [1.165, 1.54) is 5.56 Å². The Hall–Kier alpha value is -0.980. The Morgan fingerprint density at radius 2 is 2.56 bits per heavy atom. The van der Waals surface area contributed by atoms with Crippen molar-refractivity contribution in [1.29, 1.82) is 0 Å². The molecule has 1 heterocycles. The summed E-state index contributed by atoms with van der Waals surface area (Å²) in [6.45, 7) is 1.03. The van der Waals surface area contributed by atoms with Gasteiger partial charge < -0.3 is 5.32 Å². The van der Waals surface area contributed by atoms with Gasteiger partial charge in [0.25, 0.3) is 0 Å². The highest BCUT2D eigenvalue weighted by atomic mass is 14.9. The summed E-state index contributed by atoms with van der Waals surface area (Å²) in [6, 6.07) is 6.33. The number of rotatable bonds is 0. The quantitative estimate of drug-likeness (QED) is 0.549. The lowest BCUT2D eigenvalue weighted by atomic mass is 10.2. The molecule has 1 aromatic carbocycles. The van der Waals surface area contributed by atoms with Gasteiger partial charge in [-0.15, -0.1) is 0 Å². The minimum atomic E-state index is 0.591. The third kappa shape index (κ3) is 0.689. The summed E-state index contributed by atoms with van der Waals surface area (Å²) in [5, 5.41) is 3.22. The normalized spacial score (nSPS) is 16.2. The predicted molar refractivity (Wildman–Crippen MR) is 38.6 cm³/mol. The van der Waals surface area contributed by atoms with Crippen LogP contribution in [-0.4, -0.2) is 6.54 Å². The standard InChI is InChI=1S/C8H9N/c1-2-4-8-7(3-1)5-6-9-8/h1-4,9H,5-6H2/i2D. The number of para-hydroxylation sites is 1. The minimum Gasteiger partial charge on any atom is -0.384 e. The van der Waals surface area contributed by atoms with Crippen LogP contribution in [0.4, 0.5) is 5.69 Å². The fraction of sp³-hybridized carbons (Fsp3) is 0.250. The van der Waals surface area contributed by atoms with Crippen LogP contribution in [0.25, 0.3) is 0 Å². The number of hydrogen-bond donors (Lipinski definition) is 1. The van der Waals surface area contributed by atoms with Gasteiger partial charge >= 0.3 is 0 Å². The lowest BCUT2D eigenvalue weighted by Gasteiger charge is -1.94. The van der Waals surface area contributed by atoms with Crippen LogP contribution in [0.15, 0.2) is 24.2 Å². The molecule has 1 aliphatic heterocycles. The van der Waals surface area contributed by atoms with E-state index in [1.54, 1.807) is 0 Å². The fourth-order valence-electron chi connectivity index (χ4n) is 1.18. The molecule has 1 aliphatic rings. The molecule has 0 saturated heterocycles. The van der Waals surface area contributed by atoms with Crippen molar-refractivity contribution < 1.29 is 1.37 Å². The molecule has 1 nitrogen and oxygen atoms in total. The van der Waals surface area contributed by atoms with E-state index in [9.17, 15) is 0 Å². The Balaban J connectivity index is 2.52. The maximum absolute atomic E-state index is 7.32. The zero-order valence-corrected chi connectivity index (χ0v) is 5.15. The second-order valence-corrected chi connectivity index (χ2v) is 2.26. The third-order valence-electron chi connectivity index (χ3n) is 1.66. The van der Waals surface area contributed by atoms with Gasteiger partial charge in [-0.05, 0) is 18.1 Å². The average Bonchev–Trinajstić information content (AvgIpc) is 2.33. The summed E-state index contributed by atoms with van der Waals surface area (Å²) in [5.41, 5.74) is 2.49. The highest BCUT2D eigenvalue weighted by molar-refractivity contribution is 5.54. The summed E-state index contributed by atoms with van der Waals surface area (Å²) >= 11 is 0. The number of hydrogen-bond acceptors (Lipinski definition) is 1. The topological polar surface area (TPSA) is 12.0 Å². The monoisotopic (exact) mass is 120 g/mol. The van der Waals surface area contributed by atoms with Crippen LogP contribution in [0.5, 0.6) is 0 Å². The molecule has 0 radical (unpaired) electrons. The van der Waals surface area contributed by atoms with Gasteiger partial charge in [0.2, 0.25) is 0 Å². The molecule has 0 saturated carbocycles. The van der Waals surface area contributed by atoms with Gasteiger partial charge in [0.1, 0.15) is 0 Å². The first-order valence-corrected chi connectivity index (χ1v) is 3.20. The summed E-state index contributed by atoms with van der Waals surface area (Å²) in [5.74, 6) is 0. The summed E-state index contributed by atoms with van der Waals surface area (Å²) < 4.78 is 7.32. The number of nitrogens with one attached hydrogen (secondary N) is 1. The maximum Gasteiger partial charge on any atom is 0.0623 e. The van der Waals surface area contributed by atoms with Crippen LogP contribution in [-0.2, 0) is 6.42 Å². The Morgan fingerprint density at radius 3 is 3.56 bits per heavy atom. The molecule has 1 N–H and O–H groups in total. The number of anilines is 1. The Kier molecular flexibility index (Phi) is 0.770. The van der Waals surface area contributed by atoms with Crippen molar-refractivity contribution in [2.75, 3.05) is 11.9 Å². The van der Waals surface area contributed by atoms with Gasteiger partial charge in [0.05, 0.1) is 1.37 Å². The molecule has 46 valence electrons. The van der Waals surface area contributed by atoms with Gasteiger partial charge in [-0.2, -0.15) is 0 Å². The first-order chi connectivity index (χ1) is 4.86. The summed E-state index contributed by atoms with van der Waals surface area (Å²) in [4.78, 5) is 0. The zero-order chi connectivity index (χ0) is 6.97. The van der Waals surface area contributed by atoms with Crippen molar-refractivity contribution in [2.45, 2.75) is 6.42 Å². The Morgan fingerprint density at radius 1 is 1.56 bits per heavy atom. The largest absolute Gasteiger partial charge is 0.384 e. The minimum absolute atomic E-state index is 0.591. The first kappa shape index (κ1) is 3.94. The smallest absolute Gasteiger partial charge is 0.0623 e. The predicted octanol–water partition coefficient (Wildman–Crippen LogP) is 1.65. The molecular formula is C8H9N. The van der Waals surface area contributed by atoms with Crippen LogP contribution in [0.1, 0.15) is 6.93 Å². The van der Waals surface area contributed by atoms with Gasteiger partial charge in [-0.1, -0.05) is 18.2 Å². The van der Waals surface area contributed by atoms with Crippen molar-refractivity contribution in [3.05, 3.63) is 29.8 Å². The Bertz CT molecular complexity index is 257. The van der Waals surface area contributed by atoms with Gasteiger partial charge in [-0.25, -0.2) is 0 Å². The molecule has 0 unspecified atom stereocenters. The lowest BCUT2D eigenvalue weighted by Crippen LogP contribution is -1.90. The van der Waals surface area contributed by atoms with E-state index in [0.29, 0.717) is 6.04 Å². The SMILES string of the molecule is [2H]c1ccc2c(c1)NCC2. The highest BCUT2D eigenvalue weighted by Gasteiger charge is 2.05. The molecule has 9 heavy (non-hydrogen) atoms. The Labute approximate surface area is 56.1 Å². The van der Waals surface area contributed by atoms with Crippen LogP contribution >= 0.6 is 0 Å². The van der Waals surface area contributed by atoms with E-state index >= 15 is 0 Å². The molecule has 0 fully saturated rings. The van der Waals surface area contributed by atoms with Crippen molar-refractivity contribution >= 4 is 5.69 Å². The second-order valence-electron chi connectivity index (χ2n) is 2.26. The summed E-state index contributed by atoms with van der Waals surface area (Å²) in [7, 11) is 0. The van der Waals surface area contributed by atoms with Crippen molar-refractivity contribution in [3.8, 4) is 0 Å². The molecule has 0 aromatic heterocycles. The molecule has 0 spiro atoms. The molecule has 0 amide bonds. The molecular weight excluding hydrogens is 110 g/mol. The van der Waals surface area contributed by atoms with Gasteiger partial charge in [-0.3, -0.25) is 0 Å². The van der Waals surface area contributed by atoms with Crippen LogP contribution in [0.3, 0.4) is 0 Å². The third-order valence-corrected chi connectivity index (χ3v) is 1.66. The van der Waals surface area contributed by atoms with Gasteiger partial charge in [0.15, 0.2) is 0 Å². The molecule has 0 atom stereocenters. The van der Waals surface area contributed by atoms with E-state index in [1.807, 2.05) is 18.2 Å². The molecule has 1 aromatic rings. The average molecular weight is 120 g/mol. The fourth-order valence-corrected chi connectivity index (χ4v) is 1.18. The first-order valence-electron chi connectivity index (χ1n) is 3.70. The summed E-state index contributed by atoms with van der Waals surface area (Å²) in [6.07, 6.45) is 1.11. The van der Waals surface area contributed by atoms with E-state index in [2.05, 4.69) is 5.32 Å². The van der Waals surface area contributed by atoms with E-state index < -0.39 is 0 Å². The molecule has 1 heteroatoms. The lowest BCUT2D eigenvalue weighted by molar-refractivity contribution is 1.11. The number of benzene rings is 1. The van der Waals surface area contributed by atoms with E-state index in [0.717, 1.165) is 18.7 Å². The zero-order valence-electron chi connectivity index (χ0n) is 6.15. The van der Waals surface area contributed by atoms with Crippen molar-refractivity contribution in [1.82, 2.24) is 0 Å². The van der Waals surface area contributed by atoms with Crippen molar-refractivity contribution in [3.63, 3.8) is 0 Å². The highest BCUT2D eigenvalue weighted by Crippen LogP contribution is 2.19. The van der Waals surface area contributed by atoms with Gasteiger partial charge in [0, 0.05) is 12.2 Å². The van der Waals surface area contributed by atoms with E-state index in [-0.39, 0.29) is 0 Å².